The second-order valence-electron chi connectivity index (χ2n) is 5.36. The number of aromatic nitrogens is 1. The van der Waals surface area contributed by atoms with Crippen LogP contribution in [-0.2, 0) is 0 Å². The Kier molecular flexibility index (Phi) is 3.79. The number of rotatable bonds is 2. The van der Waals surface area contributed by atoms with Gasteiger partial charge >= 0.3 is 0 Å². The fourth-order valence-corrected chi connectivity index (χ4v) is 3.18. The van der Waals surface area contributed by atoms with Crippen LogP contribution in [-0.4, -0.2) is 10.1 Å². The van der Waals surface area contributed by atoms with Crippen molar-refractivity contribution in [2.24, 2.45) is 0 Å². The molecule has 106 valence electrons. The number of fused-ring (bicyclic) bond motifs is 1. The fraction of sp³-hybridized carbons (Fsp3) is 0.167. The molecule has 2 nitrogen and oxygen atoms in total. The quantitative estimate of drug-likeness (QED) is 0.733. The van der Waals surface area contributed by atoms with E-state index >= 15 is 0 Å². The van der Waals surface area contributed by atoms with Crippen molar-refractivity contribution in [2.45, 2.75) is 20.0 Å². The second kappa shape index (κ2) is 5.58. The number of hydrogen-bond donors (Lipinski definition) is 1. The Bertz CT molecular complexity index is 793. The van der Waals surface area contributed by atoms with E-state index in [0.29, 0.717) is 0 Å². The van der Waals surface area contributed by atoms with E-state index in [1.54, 1.807) is 6.20 Å². The summed E-state index contributed by atoms with van der Waals surface area (Å²) < 4.78 is 0.988. The van der Waals surface area contributed by atoms with Gasteiger partial charge in [0.1, 0.15) is 6.10 Å². The summed E-state index contributed by atoms with van der Waals surface area (Å²) in [7, 11) is 0. The largest absolute Gasteiger partial charge is 0.384 e. The first kappa shape index (κ1) is 14.2. The predicted octanol–water partition coefficient (Wildman–Crippen LogP) is 4.70. The summed E-state index contributed by atoms with van der Waals surface area (Å²) in [4.78, 5) is 4.44. The molecule has 0 aliphatic rings. The molecule has 2 aromatic carbocycles. The second-order valence-corrected chi connectivity index (χ2v) is 6.21. The zero-order valence-electron chi connectivity index (χ0n) is 12.0. The summed E-state index contributed by atoms with van der Waals surface area (Å²) in [5, 5.41) is 11.8. The van der Waals surface area contributed by atoms with Gasteiger partial charge in [-0.1, -0.05) is 57.4 Å². The van der Waals surface area contributed by atoms with Crippen LogP contribution in [0.4, 0.5) is 0 Å². The van der Waals surface area contributed by atoms with Crippen molar-refractivity contribution < 1.29 is 5.11 Å². The van der Waals surface area contributed by atoms with Crippen LogP contribution in [0.1, 0.15) is 28.4 Å². The van der Waals surface area contributed by atoms with Gasteiger partial charge in [-0.3, -0.25) is 4.98 Å². The zero-order chi connectivity index (χ0) is 15.0. The molecule has 1 atom stereocenters. The highest BCUT2D eigenvalue weighted by molar-refractivity contribution is 9.10. The van der Waals surface area contributed by atoms with Gasteiger partial charge in [0, 0.05) is 21.6 Å². The molecular formula is C18H16BrNO. The summed E-state index contributed by atoms with van der Waals surface area (Å²) in [5.74, 6) is 0. The molecule has 1 heterocycles. The number of benzene rings is 2. The maximum absolute atomic E-state index is 10.8. The van der Waals surface area contributed by atoms with Crippen molar-refractivity contribution >= 4 is 26.8 Å². The number of nitrogens with zero attached hydrogens (tertiary/aromatic N) is 1. The van der Waals surface area contributed by atoms with Gasteiger partial charge < -0.3 is 5.11 Å². The van der Waals surface area contributed by atoms with Crippen LogP contribution >= 0.6 is 15.9 Å². The number of aliphatic hydroxyl groups excluding tert-OH is 1. The molecule has 21 heavy (non-hydrogen) atoms. The highest BCUT2D eigenvalue weighted by Crippen LogP contribution is 2.32. The lowest BCUT2D eigenvalue weighted by molar-refractivity contribution is 0.221. The van der Waals surface area contributed by atoms with Gasteiger partial charge in [0.25, 0.3) is 0 Å². The molecule has 0 amide bonds. The molecule has 0 saturated heterocycles. The lowest BCUT2D eigenvalue weighted by Crippen LogP contribution is -2.02. The van der Waals surface area contributed by atoms with Crippen LogP contribution in [0.3, 0.4) is 0 Å². The highest BCUT2D eigenvalue weighted by atomic mass is 79.9. The molecule has 1 unspecified atom stereocenters. The number of hydrogen-bond acceptors (Lipinski definition) is 2. The molecule has 0 aliphatic heterocycles. The van der Waals surface area contributed by atoms with Crippen molar-refractivity contribution in [3.8, 4) is 0 Å². The van der Waals surface area contributed by atoms with Crippen LogP contribution in [0.15, 0.2) is 53.1 Å². The minimum Gasteiger partial charge on any atom is -0.384 e. The van der Waals surface area contributed by atoms with E-state index in [-0.39, 0.29) is 0 Å². The summed E-state index contributed by atoms with van der Waals surface area (Å²) in [5.41, 5.74) is 4.87. The van der Waals surface area contributed by atoms with Gasteiger partial charge in [-0.05, 0) is 31.5 Å². The minimum atomic E-state index is -0.672. The summed E-state index contributed by atoms with van der Waals surface area (Å²) in [6.45, 7) is 4.09. The molecule has 0 spiro atoms. The Labute approximate surface area is 132 Å². The molecule has 0 bridgehead atoms. The van der Waals surface area contributed by atoms with Crippen LogP contribution < -0.4 is 0 Å². The Morgan fingerprint density at radius 1 is 1.05 bits per heavy atom. The van der Waals surface area contributed by atoms with Crippen LogP contribution in [0, 0.1) is 13.8 Å². The normalized spacial score (nSPS) is 12.6. The first-order valence-corrected chi connectivity index (χ1v) is 7.65. The SMILES string of the molecule is Cc1cc(C)cc(C(O)c2ccc(Br)c3cccnc23)c1. The first-order valence-electron chi connectivity index (χ1n) is 6.85. The Morgan fingerprint density at radius 3 is 2.48 bits per heavy atom. The van der Waals surface area contributed by atoms with Crippen molar-refractivity contribution in [2.75, 3.05) is 0 Å². The van der Waals surface area contributed by atoms with Gasteiger partial charge in [-0.25, -0.2) is 0 Å². The third-order valence-electron chi connectivity index (χ3n) is 3.60. The van der Waals surface area contributed by atoms with Crippen molar-refractivity contribution in [1.82, 2.24) is 4.98 Å². The molecule has 0 fully saturated rings. The Hall–Kier alpha value is -1.71. The van der Waals surface area contributed by atoms with Crippen molar-refractivity contribution in [1.29, 1.82) is 0 Å². The first-order chi connectivity index (χ1) is 10.1. The van der Waals surface area contributed by atoms with E-state index in [0.717, 1.165) is 37.6 Å². The third kappa shape index (κ3) is 2.71. The average Bonchev–Trinajstić information content (AvgIpc) is 2.46. The summed E-state index contributed by atoms with van der Waals surface area (Å²) >= 11 is 3.54. The van der Waals surface area contributed by atoms with Gasteiger partial charge in [0.15, 0.2) is 0 Å². The molecule has 0 radical (unpaired) electrons. The molecule has 0 saturated carbocycles. The van der Waals surface area contributed by atoms with Gasteiger partial charge in [-0.2, -0.15) is 0 Å². The summed E-state index contributed by atoms with van der Waals surface area (Å²) in [6, 6.07) is 14.0. The molecule has 1 N–H and O–H groups in total. The lowest BCUT2D eigenvalue weighted by atomic mass is 9.96. The van der Waals surface area contributed by atoms with Gasteiger partial charge in [0.05, 0.1) is 5.52 Å². The van der Waals surface area contributed by atoms with Gasteiger partial charge in [-0.15, -0.1) is 0 Å². The zero-order valence-corrected chi connectivity index (χ0v) is 13.6. The van der Waals surface area contributed by atoms with Gasteiger partial charge in [0.2, 0.25) is 0 Å². The molecule has 3 aromatic rings. The van der Waals surface area contributed by atoms with E-state index in [4.69, 9.17) is 0 Å². The van der Waals surface area contributed by atoms with E-state index < -0.39 is 6.10 Å². The van der Waals surface area contributed by atoms with Crippen LogP contribution in [0.2, 0.25) is 0 Å². The van der Waals surface area contributed by atoms with E-state index in [2.05, 4.69) is 27.0 Å². The molecule has 3 rings (SSSR count). The Morgan fingerprint density at radius 2 is 1.76 bits per heavy atom. The Balaban J connectivity index is 2.18. The summed E-state index contributed by atoms with van der Waals surface area (Å²) in [6.07, 6.45) is 1.08. The average molecular weight is 342 g/mol. The van der Waals surface area contributed by atoms with Crippen LogP contribution in [0.5, 0.6) is 0 Å². The number of aliphatic hydroxyl groups is 1. The van der Waals surface area contributed by atoms with Crippen molar-refractivity contribution in [3.63, 3.8) is 0 Å². The maximum atomic E-state index is 10.8. The van der Waals surface area contributed by atoms with E-state index in [1.807, 2.05) is 50.2 Å². The number of halogens is 1. The monoisotopic (exact) mass is 341 g/mol. The minimum absolute atomic E-state index is 0.672. The number of pyridine rings is 1. The molecule has 3 heteroatoms. The van der Waals surface area contributed by atoms with Crippen molar-refractivity contribution in [3.05, 3.63) is 75.4 Å². The van der Waals surface area contributed by atoms with E-state index in [9.17, 15) is 5.11 Å². The highest BCUT2D eigenvalue weighted by Gasteiger charge is 2.16. The fourth-order valence-electron chi connectivity index (χ4n) is 2.73. The topological polar surface area (TPSA) is 33.1 Å². The lowest BCUT2D eigenvalue weighted by Gasteiger charge is -2.15. The van der Waals surface area contributed by atoms with Crippen LogP contribution in [0.25, 0.3) is 10.9 Å². The van der Waals surface area contributed by atoms with E-state index in [1.165, 1.54) is 0 Å². The maximum Gasteiger partial charge on any atom is 0.106 e. The molecule has 0 aliphatic carbocycles. The standard InChI is InChI=1S/C18H16BrNO/c1-11-8-12(2)10-13(9-11)18(21)15-5-6-16(19)14-4-3-7-20-17(14)15/h3-10,18,21H,1-2H3. The third-order valence-corrected chi connectivity index (χ3v) is 4.29. The smallest absolute Gasteiger partial charge is 0.106 e. The molecular weight excluding hydrogens is 326 g/mol. The number of aryl methyl sites for hydroxylation is 2. The predicted molar refractivity (Wildman–Crippen MR) is 89.4 cm³/mol. The molecule has 1 aromatic heterocycles.